The highest BCUT2D eigenvalue weighted by Crippen LogP contribution is 2.34. The second-order valence-electron chi connectivity index (χ2n) is 7.73. The van der Waals surface area contributed by atoms with Crippen LogP contribution < -0.4 is 0 Å². The topological polar surface area (TPSA) is 65.8 Å². The van der Waals surface area contributed by atoms with E-state index in [2.05, 4.69) is 0 Å². The van der Waals surface area contributed by atoms with Crippen LogP contribution in [0.5, 0.6) is 0 Å². The zero-order chi connectivity index (χ0) is 21.3. The standard InChI is InChI=1S/C22H25N3O3S2/c1-23-13-15(17-7-2-3-8-18(17)23)12-19-21(28)25(22(29)30-19)14-20(27)24-10-5-4-6-16(24)9-11-26/h2-3,7-8,12-13,16,26H,4-6,9-11,14H2,1H3. The molecule has 2 fully saturated rings. The van der Waals surface area contributed by atoms with Crippen molar-refractivity contribution in [3.05, 3.63) is 40.9 Å². The Balaban J connectivity index is 1.52. The Morgan fingerprint density at radius 1 is 1.33 bits per heavy atom. The van der Waals surface area contributed by atoms with Crippen molar-refractivity contribution < 1.29 is 14.7 Å². The first-order valence-corrected chi connectivity index (χ1v) is 11.4. The number of thiocarbonyl (C=S) groups is 1. The van der Waals surface area contributed by atoms with Crippen LogP contribution >= 0.6 is 24.0 Å². The summed E-state index contributed by atoms with van der Waals surface area (Å²) in [5.41, 5.74) is 2.05. The van der Waals surface area contributed by atoms with Crippen molar-refractivity contribution in [1.29, 1.82) is 0 Å². The Morgan fingerprint density at radius 2 is 2.13 bits per heavy atom. The van der Waals surface area contributed by atoms with Crippen LogP contribution in [0.4, 0.5) is 0 Å². The van der Waals surface area contributed by atoms with E-state index in [9.17, 15) is 14.7 Å². The first-order valence-electron chi connectivity index (χ1n) is 10.2. The van der Waals surface area contributed by atoms with Gasteiger partial charge in [0.15, 0.2) is 0 Å². The fourth-order valence-corrected chi connectivity index (χ4v) is 5.52. The van der Waals surface area contributed by atoms with Crippen LogP contribution in [0.3, 0.4) is 0 Å². The average molecular weight is 444 g/mol. The van der Waals surface area contributed by atoms with Crippen LogP contribution in [0.2, 0.25) is 0 Å². The Morgan fingerprint density at radius 3 is 2.93 bits per heavy atom. The minimum Gasteiger partial charge on any atom is -0.396 e. The second kappa shape index (κ2) is 8.91. The molecule has 2 aromatic rings. The number of aryl methyl sites for hydroxylation is 1. The number of amides is 2. The Hall–Kier alpha value is -2.16. The van der Waals surface area contributed by atoms with E-state index in [0.29, 0.717) is 22.2 Å². The van der Waals surface area contributed by atoms with E-state index in [-0.39, 0.29) is 31.0 Å². The molecular weight excluding hydrogens is 418 g/mol. The third kappa shape index (κ3) is 4.04. The quantitative estimate of drug-likeness (QED) is 0.568. The number of hydrogen-bond acceptors (Lipinski definition) is 5. The van der Waals surface area contributed by atoms with Crippen molar-refractivity contribution in [2.24, 2.45) is 7.05 Å². The third-order valence-corrected chi connectivity index (χ3v) is 7.17. The lowest BCUT2D eigenvalue weighted by atomic mass is 9.99. The summed E-state index contributed by atoms with van der Waals surface area (Å²) in [4.78, 5) is 29.7. The number of rotatable bonds is 5. The number of para-hydroxylation sites is 1. The van der Waals surface area contributed by atoms with E-state index in [1.807, 2.05) is 53.1 Å². The van der Waals surface area contributed by atoms with Gasteiger partial charge in [0.1, 0.15) is 10.9 Å². The van der Waals surface area contributed by atoms with Crippen molar-refractivity contribution >= 4 is 57.1 Å². The summed E-state index contributed by atoms with van der Waals surface area (Å²) in [7, 11) is 1.98. The van der Waals surface area contributed by atoms with Gasteiger partial charge in [0, 0.05) is 48.9 Å². The first-order chi connectivity index (χ1) is 14.5. The SMILES string of the molecule is Cn1cc(C=C2SC(=S)N(CC(=O)N3CCCCC3CCO)C2=O)c2ccccc21. The highest BCUT2D eigenvalue weighted by atomic mass is 32.2. The molecule has 2 aliphatic rings. The van der Waals surface area contributed by atoms with Crippen molar-refractivity contribution in [3.63, 3.8) is 0 Å². The molecule has 3 heterocycles. The number of likely N-dealkylation sites (tertiary alicyclic amines) is 1. The molecule has 1 atom stereocenters. The Kier molecular flexibility index (Phi) is 6.26. The second-order valence-corrected chi connectivity index (χ2v) is 9.41. The van der Waals surface area contributed by atoms with Crippen LogP contribution in [0.1, 0.15) is 31.2 Å². The van der Waals surface area contributed by atoms with E-state index < -0.39 is 0 Å². The molecule has 1 N–H and O–H groups in total. The van der Waals surface area contributed by atoms with Crippen molar-refractivity contribution in [2.45, 2.75) is 31.7 Å². The summed E-state index contributed by atoms with van der Waals surface area (Å²) in [6, 6.07) is 8.08. The third-order valence-electron chi connectivity index (χ3n) is 5.79. The fourth-order valence-electron chi connectivity index (χ4n) is 4.27. The number of benzene rings is 1. The smallest absolute Gasteiger partial charge is 0.266 e. The molecule has 0 aliphatic carbocycles. The highest BCUT2D eigenvalue weighted by molar-refractivity contribution is 8.26. The zero-order valence-corrected chi connectivity index (χ0v) is 18.5. The molecule has 2 aliphatic heterocycles. The van der Waals surface area contributed by atoms with Crippen molar-refractivity contribution in [2.75, 3.05) is 19.7 Å². The van der Waals surface area contributed by atoms with Crippen LogP contribution in [0.25, 0.3) is 17.0 Å². The molecule has 1 aromatic heterocycles. The molecule has 0 radical (unpaired) electrons. The van der Waals surface area contributed by atoms with Gasteiger partial charge in [-0.2, -0.15) is 0 Å². The number of piperidine rings is 1. The maximum Gasteiger partial charge on any atom is 0.266 e. The monoisotopic (exact) mass is 443 g/mol. The summed E-state index contributed by atoms with van der Waals surface area (Å²) in [6.07, 6.45) is 7.34. The van der Waals surface area contributed by atoms with Crippen molar-refractivity contribution in [3.8, 4) is 0 Å². The molecule has 0 bridgehead atoms. The number of aliphatic hydroxyl groups is 1. The van der Waals surface area contributed by atoms with Gasteiger partial charge in [0.25, 0.3) is 5.91 Å². The molecular formula is C22H25N3O3S2. The number of fused-ring (bicyclic) bond motifs is 1. The predicted molar refractivity (Wildman–Crippen MR) is 124 cm³/mol. The van der Waals surface area contributed by atoms with Gasteiger partial charge in [-0.05, 0) is 37.8 Å². The number of thioether (sulfide) groups is 1. The number of hydrogen-bond donors (Lipinski definition) is 1. The molecule has 6 nitrogen and oxygen atoms in total. The lowest BCUT2D eigenvalue weighted by molar-refractivity contribution is -0.138. The van der Waals surface area contributed by atoms with Gasteiger partial charge in [-0.3, -0.25) is 14.5 Å². The van der Waals surface area contributed by atoms with Gasteiger partial charge in [-0.1, -0.05) is 42.2 Å². The van der Waals surface area contributed by atoms with E-state index in [4.69, 9.17) is 12.2 Å². The van der Waals surface area contributed by atoms with E-state index in [1.165, 1.54) is 16.7 Å². The Labute approximate surface area is 185 Å². The van der Waals surface area contributed by atoms with E-state index in [1.54, 1.807) is 0 Å². The summed E-state index contributed by atoms with van der Waals surface area (Å²) in [5.74, 6) is -0.321. The maximum absolute atomic E-state index is 13.0. The summed E-state index contributed by atoms with van der Waals surface area (Å²) in [6.45, 7) is 0.687. The van der Waals surface area contributed by atoms with Gasteiger partial charge in [-0.15, -0.1) is 0 Å². The van der Waals surface area contributed by atoms with Gasteiger partial charge >= 0.3 is 0 Å². The molecule has 8 heteroatoms. The highest BCUT2D eigenvalue weighted by Gasteiger charge is 2.36. The lowest BCUT2D eigenvalue weighted by Crippen LogP contribution is -2.49. The number of carbonyl (C=O) groups is 2. The molecule has 1 aromatic carbocycles. The number of carbonyl (C=O) groups excluding carboxylic acids is 2. The fraction of sp³-hybridized carbons (Fsp3) is 0.409. The lowest BCUT2D eigenvalue weighted by Gasteiger charge is -2.36. The molecule has 1 unspecified atom stereocenters. The number of aliphatic hydroxyl groups excluding tert-OH is 1. The molecule has 0 spiro atoms. The van der Waals surface area contributed by atoms with E-state index >= 15 is 0 Å². The predicted octanol–water partition coefficient (Wildman–Crippen LogP) is 3.14. The number of aromatic nitrogens is 1. The molecule has 158 valence electrons. The molecule has 0 saturated carbocycles. The minimum absolute atomic E-state index is 0.0422. The minimum atomic E-state index is -0.220. The van der Waals surface area contributed by atoms with Crippen molar-refractivity contribution in [1.82, 2.24) is 14.4 Å². The van der Waals surface area contributed by atoms with Crippen LogP contribution in [-0.4, -0.2) is 61.3 Å². The largest absolute Gasteiger partial charge is 0.396 e. The van der Waals surface area contributed by atoms with Gasteiger partial charge in [0.2, 0.25) is 5.91 Å². The van der Waals surface area contributed by atoms with Gasteiger partial charge in [0.05, 0.1) is 4.91 Å². The maximum atomic E-state index is 13.0. The molecule has 30 heavy (non-hydrogen) atoms. The average Bonchev–Trinajstić information content (AvgIpc) is 3.20. The number of nitrogens with zero attached hydrogens (tertiary/aromatic N) is 3. The molecule has 4 rings (SSSR count). The van der Waals surface area contributed by atoms with Crippen LogP contribution in [0.15, 0.2) is 35.4 Å². The zero-order valence-electron chi connectivity index (χ0n) is 16.9. The molecule has 2 saturated heterocycles. The normalized spacial score (nSPS) is 21.3. The first kappa shape index (κ1) is 21.1. The van der Waals surface area contributed by atoms with Gasteiger partial charge < -0.3 is 14.6 Å². The molecule has 2 amide bonds. The Bertz CT molecular complexity index is 1030. The summed E-state index contributed by atoms with van der Waals surface area (Å²) in [5, 5.41) is 10.4. The van der Waals surface area contributed by atoms with E-state index in [0.717, 1.165) is 35.7 Å². The van der Waals surface area contributed by atoms with Gasteiger partial charge in [-0.25, -0.2) is 0 Å². The van der Waals surface area contributed by atoms with Crippen LogP contribution in [-0.2, 0) is 16.6 Å². The summed E-state index contributed by atoms with van der Waals surface area (Å²) < 4.78 is 2.44. The van der Waals surface area contributed by atoms with Crippen LogP contribution in [0, 0.1) is 0 Å². The summed E-state index contributed by atoms with van der Waals surface area (Å²) >= 11 is 6.67.